The first-order chi connectivity index (χ1) is 16.3. The summed E-state index contributed by atoms with van der Waals surface area (Å²) in [5.74, 6) is -0.719. The lowest BCUT2D eigenvalue weighted by atomic mass is 10.1. The second-order valence-corrected chi connectivity index (χ2v) is 8.64. The number of ether oxygens (including phenoxy) is 1. The molecule has 2 aromatic carbocycles. The van der Waals surface area contributed by atoms with E-state index in [1.807, 2.05) is 24.3 Å². The highest BCUT2D eigenvalue weighted by atomic mass is 32.1. The van der Waals surface area contributed by atoms with Crippen LogP contribution in [0.2, 0.25) is 0 Å². The third kappa shape index (κ3) is 7.53. The number of aromatic nitrogens is 1. The second kappa shape index (κ2) is 12.1. The van der Waals surface area contributed by atoms with Crippen LogP contribution in [0.5, 0.6) is 5.75 Å². The van der Waals surface area contributed by atoms with Gasteiger partial charge in [-0.3, -0.25) is 14.5 Å². The summed E-state index contributed by atoms with van der Waals surface area (Å²) in [6.07, 6.45) is 2.55. The van der Waals surface area contributed by atoms with Gasteiger partial charge in [0, 0.05) is 24.7 Å². The van der Waals surface area contributed by atoms with Crippen molar-refractivity contribution in [1.29, 1.82) is 0 Å². The van der Waals surface area contributed by atoms with Crippen LogP contribution in [-0.2, 0) is 4.79 Å². The molecular formula is C24H27FN4O4S. The minimum Gasteiger partial charge on any atom is -0.492 e. The van der Waals surface area contributed by atoms with Crippen molar-refractivity contribution in [2.24, 2.45) is 0 Å². The first kappa shape index (κ1) is 25.1. The molecule has 0 atom stereocenters. The van der Waals surface area contributed by atoms with E-state index in [0.717, 1.165) is 49.3 Å². The van der Waals surface area contributed by atoms with Gasteiger partial charge in [0.2, 0.25) is 5.78 Å². The summed E-state index contributed by atoms with van der Waals surface area (Å²) in [6.45, 7) is 5.02. The van der Waals surface area contributed by atoms with Gasteiger partial charge in [-0.2, -0.15) is 0 Å². The van der Waals surface area contributed by atoms with E-state index in [1.54, 1.807) is 6.07 Å². The van der Waals surface area contributed by atoms with Crippen molar-refractivity contribution in [2.75, 3.05) is 37.3 Å². The van der Waals surface area contributed by atoms with Gasteiger partial charge in [0.05, 0.1) is 0 Å². The van der Waals surface area contributed by atoms with Crippen molar-refractivity contribution in [3.8, 4) is 5.75 Å². The molecule has 1 saturated heterocycles. The molecule has 0 amide bonds. The molecule has 1 aliphatic rings. The fourth-order valence-corrected chi connectivity index (χ4v) is 4.23. The van der Waals surface area contributed by atoms with Crippen LogP contribution < -0.4 is 15.8 Å². The summed E-state index contributed by atoms with van der Waals surface area (Å²) >= 11 is 1.14. The van der Waals surface area contributed by atoms with E-state index >= 15 is 0 Å². The fourth-order valence-electron chi connectivity index (χ4n) is 3.37. The molecule has 0 spiro atoms. The number of aliphatic carboxylic acids is 1. The molecule has 2 heterocycles. The highest BCUT2D eigenvalue weighted by molar-refractivity contribution is 7.18. The molecule has 10 heteroatoms. The largest absolute Gasteiger partial charge is 0.492 e. The van der Waals surface area contributed by atoms with Crippen molar-refractivity contribution < 1.29 is 23.8 Å². The Labute approximate surface area is 201 Å². The van der Waals surface area contributed by atoms with E-state index in [2.05, 4.69) is 15.2 Å². The minimum atomic E-state index is -0.833. The van der Waals surface area contributed by atoms with Crippen molar-refractivity contribution in [3.05, 3.63) is 64.8 Å². The van der Waals surface area contributed by atoms with Gasteiger partial charge in [-0.15, -0.1) is 0 Å². The number of benzene rings is 2. The number of ketones is 1. The number of nitrogens with zero attached hydrogens (tertiary/aromatic N) is 2. The molecule has 8 nitrogen and oxygen atoms in total. The van der Waals surface area contributed by atoms with Gasteiger partial charge in [0.15, 0.2) is 5.13 Å². The van der Waals surface area contributed by atoms with Crippen LogP contribution >= 0.6 is 11.3 Å². The maximum absolute atomic E-state index is 13.4. The smallest absolute Gasteiger partial charge is 0.300 e. The highest BCUT2D eigenvalue weighted by Gasteiger charge is 2.18. The molecule has 0 saturated carbocycles. The standard InChI is InChI=1S/C22H23FN4O2S.C2H4O2/c23-16-5-3-4-15(14-16)19(28)20-21(24)26-22(30-20)25-17-6-8-18(9-7-17)29-13-12-27-10-1-2-11-27;1-2(3)4/h3-9,14H,1-2,10-13,24H2,(H,25,26);1H3,(H,3,4). The third-order valence-electron chi connectivity index (χ3n) is 4.93. The van der Waals surface area contributed by atoms with E-state index in [1.165, 1.54) is 31.0 Å². The highest BCUT2D eigenvalue weighted by Crippen LogP contribution is 2.30. The number of anilines is 3. The lowest BCUT2D eigenvalue weighted by Gasteiger charge is -2.15. The monoisotopic (exact) mass is 486 g/mol. The molecule has 34 heavy (non-hydrogen) atoms. The molecule has 1 fully saturated rings. The molecular weight excluding hydrogens is 459 g/mol. The Morgan fingerprint density at radius 1 is 1.21 bits per heavy atom. The Kier molecular flexibility index (Phi) is 8.94. The molecule has 3 aromatic rings. The number of rotatable bonds is 8. The maximum atomic E-state index is 13.4. The van der Waals surface area contributed by atoms with Gasteiger partial charge in [-0.1, -0.05) is 23.5 Å². The number of carboxylic acid groups (broad SMARTS) is 1. The van der Waals surface area contributed by atoms with Gasteiger partial charge in [0.25, 0.3) is 5.97 Å². The normalized spacial score (nSPS) is 13.1. The number of nitrogen functional groups attached to an aromatic ring is 1. The zero-order valence-electron chi connectivity index (χ0n) is 18.8. The fraction of sp³-hybridized carbons (Fsp3) is 0.292. The summed E-state index contributed by atoms with van der Waals surface area (Å²) in [7, 11) is 0. The predicted octanol–water partition coefficient (Wildman–Crippen LogP) is 4.40. The van der Waals surface area contributed by atoms with E-state index in [9.17, 15) is 9.18 Å². The molecule has 180 valence electrons. The average Bonchev–Trinajstić information content (AvgIpc) is 3.44. The Morgan fingerprint density at radius 2 is 1.88 bits per heavy atom. The summed E-state index contributed by atoms with van der Waals surface area (Å²) in [5, 5.41) is 11.1. The quantitative estimate of drug-likeness (QED) is 0.401. The number of likely N-dealkylation sites (tertiary alicyclic amines) is 1. The Morgan fingerprint density at radius 3 is 2.53 bits per heavy atom. The van der Waals surface area contributed by atoms with Crippen LogP contribution in [0.25, 0.3) is 0 Å². The topological polar surface area (TPSA) is 118 Å². The first-order valence-corrected chi connectivity index (χ1v) is 11.6. The van der Waals surface area contributed by atoms with Crippen molar-refractivity contribution >= 4 is 39.7 Å². The molecule has 4 rings (SSSR count). The lowest BCUT2D eigenvalue weighted by molar-refractivity contribution is -0.134. The number of nitrogens with two attached hydrogens (primary N) is 1. The predicted molar refractivity (Wildman–Crippen MR) is 131 cm³/mol. The van der Waals surface area contributed by atoms with Crippen LogP contribution in [-0.4, -0.2) is 53.0 Å². The third-order valence-corrected chi connectivity index (χ3v) is 5.91. The SMILES string of the molecule is CC(=O)O.Nc1nc(Nc2ccc(OCCN3CCCC3)cc2)sc1C(=O)c1cccc(F)c1. The summed E-state index contributed by atoms with van der Waals surface area (Å²) in [4.78, 5) is 28.5. The van der Waals surface area contributed by atoms with Crippen molar-refractivity contribution in [3.63, 3.8) is 0 Å². The van der Waals surface area contributed by atoms with E-state index in [4.69, 9.17) is 20.4 Å². The number of carbonyl (C=O) groups is 2. The number of hydrogen-bond acceptors (Lipinski definition) is 8. The zero-order chi connectivity index (χ0) is 24.5. The lowest BCUT2D eigenvalue weighted by Crippen LogP contribution is -2.25. The van der Waals surface area contributed by atoms with Crippen LogP contribution in [0.4, 0.5) is 21.0 Å². The van der Waals surface area contributed by atoms with Gasteiger partial charge >= 0.3 is 0 Å². The summed E-state index contributed by atoms with van der Waals surface area (Å²) < 4.78 is 19.2. The summed E-state index contributed by atoms with van der Waals surface area (Å²) in [5.41, 5.74) is 6.97. The second-order valence-electron chi connectivity index (χ2n) is 7.64. The van der Waals surface area contributed by atoms with Gasteiger partial charge in [-0.25, -0.2) is 9.37 Å². The Bertz CT molecular complexity index is 1110. The van der Waals surface area contributed by atoms with E-state index < -0.39 is 11.8 Å². The van der Waals surface area contributed by atoms with Crippen LogP contribution in [0, 0.1) is 5.82 Å². The minimum absolute atomic E-state index is 0.124. The molecule has 0 aliphatic carbocycles. The van der Waals surface area contributed by atoms with Crippen molar-refractivity contribution in [2.45, 2.75) is 19.8 Å². The average molecular weight is 487 g/mol. The van der Waals surface area contributed by atoms with Crippen LogP contribution in [0.15, 0.2) is 48.5 Å². The molecule has 1 aliphatic heterocycles. The number of nitrogens with one attached hydrogen (secondary N) is 1. The Balaban J connectivity index is 0.000000751. The van der Waals surface area contributed by atoms with Crippen LogP contribution in [0.1, 0.15) is 35.0 Å². The molecule has 4 N–H and O–H groups in total. The number of hydrogen-bond donors (Lipinski definition) is 3. The maximum Gasteiger partial charge on any atom is 0.300 e. The zero-order valence-corrected chi connectivity index (χ0v) is 19.6. The van der Waals surface area contributed by atoms with Gasteiger partial charge in [-0.05, 0) is 62.3 Å². The molecule has 1 aromatic heterocycles. The van der Waals surface area contributed by atoms with Crippen LogP contribution in [0.3, 0.4) is 0 Å². The number of thiazole rings is 1. The number of halogens is 1. The summed E-state index contributed by atoms with van der Waals surface area (Å²) in [6, 6.07) is 13.1. The molecule has 0 radical (unpaired) electrons. The number of carbonyl (C=O) groups excluding carboxylic acids is 1. The van der Waals surface area contributed by atoms with Crippen molar-refractivity contribution in [1.82, 2.24) is 9.88 Å². The van der Waals surface area contributed by atoms with Gasteiger partial charge in [0.1, 0.15) is 28.9 Å². The Hall–Kier alpha value is -3.50. The van der Waals surface area contributed by atoms with Gasteiger partial charge < -0.3 is 20.9 Å². The molecule has 0 unspecified atom stereocenters. The van der Waals surface area contributed by atoms with E-state index in [-0.39, 0.29) is 22.0 Å². The number of carboxylic acids is 1. The van der Waals surface area contributed by atoms with E-state index in [0.29, 0.717) is 11.7 Å². The first-order valence-electron chi connectivity index (χ1n) is 10.8. The molecule has 0 bridgehead atoms.